The van der Waals surface area contributed by atoms with E-state index < -0.39 is 0 Å². The summed E-state index contributed by atoms with van der Waals surface area (Å²) in [5, 5.41) is 9.00. The molecule has 2 N–H and O–H groups in total. The Bertz CT molecular complexity index is 708. The molecule has 0 aliphatic heterocycles. The van der Waals surface area contributed by atoms with E-state index in [0.717, 1.165) is 16.8 Å². The number of nitriles is 1. The third-order valence-corrected chi connectivity index (χ3v) is 3.37. The Labute approximate surface area is 118 Å². The molecule has 1 aromatic heterocycles. The van der Waals surface area contributed by atoms with Crippen LogP contribution in [0.25, 0.3) is 11.3 Å². The lowest BCUT2D eigenvalue weighted by Crippen LogP contribution is -2.30. The van der Waals surface area contributed by atoms with Crippen molar-refractivity contribution in [1.82, 2.24) is 4.57 Å². The van der Waals surface area contributed by atoms with E-state index in [4.69, 9.17) is 11.0 Å². The van der Waals surface area contributed by atoms with Gasteiger partial charge in [0.15, 0.2) is 0 Å². The van der Waals surface area contributed by atoms with Crippen LogP contribution in [-0.4, -0.2) is 11.1 Å². The maximum absolute atomic E-state index is 12.3. The van der Waals surface area contributed by atoms with Crippen molar-refractivity contribution in [3.63, 3.8) is 0 Å². The van der Waals surface area contributed by atoms with Gasteiger partial charge in [0.25, 0.3) is 5.56 Å². The SMILES string of the molecule is Cc1ccc(-c2ccc(C#N)c(=O)n2C(C)CN)cc1. The Morgan fingerprint density at radius 2 is 1.90 bits per heavy atom. The average molecular weight is 267 g/mol. The summed E-state index contributed by atoms with van der Waals surface area (Å²) in [6.45, 7) is 4.23. The number of nitrogens with two attached hydrogens (primary N) is 1. The minimum absolute atomic E-state index is 0.140. The molecule has 2 rings (SSSR count). The highest BCUT2D eigenvalue weighted by molar-refractivity contribution is 5.61. The molecule has 1 atom stereocenters. The van der Waals surface area contributed by atoms with E-state index in [1.807, 2.05) is 44.2 Å². The molecule has 1 heterocycles. The zero-order valence-electron chi connectivity index (χ0n) is 11.6. The lowest BCUT2D eigenvalue weighted by Gasteiger charge is -2.19. The molecule has 0 amide bonds. The minimum Gasteiger partial charge on any atom is -0.328 e. The Hall–Kier alpha value is -2.38. The molecule has 0 bridgehead atoms. The summed E-state index contributed by atoms with van der Waals surface area (Å²) < 4.78 is 1.60. The number of pyridine rings is 1. The second-order valence-electron chi connectivity index (χ2n) is 4.87. The standard InChI is InChI=1S/C16H17N3O/c1-11-3-5-13(6-4-11)15-8-7-14(10-18)16(20)19(15)12(2)9-17/h3-8,12H,9,17H2,1-2H3. The number of hydrogen-bond donors (Lipinski definition) is 1. The van der Waals surface area contributed by atoms with Crippen LogP contribution in [0.15, 0.2) is 41.2 Å². The maximum Gasteiger partial charge on any atom is 0.269 e. The molecule has 20 heavy (non-hydrogen) atoms. The van der Waals surface area contributed by atoms with Crippen LogP contribution in [0.4, 0.5) is 0 Å². The van der Waals surface area contributed by atoms with Crippen LogP contribution in [0.5, 0.6) is 0 Å². The second-order valence-corrected chi connectivity index (χ2v) is 4.87. The minimum atomic E-state index is -0.288. The van der Waals surface area contributed by atoms with Gasteiger partial charge in [-0.2, -0.15) is 5.26 Å². The topological polar surface area (TPSA) is 71.8 Å². The van der Waals surface area contributed by atoms with Crippen LogP contribution in [-0.2, 0) is 0 Å². The van der Waals surface area contributed by atoms with E-state index in [1.165, 1.54) is 0 Å². The van der Waals surface area contributed by atoms with Gasteiger partial charge < -0.3 is 10.3 Å². The van der Waals surface area contributed by atoms with Gasteiger partial charge in [0.1, 0.15) is 11.6 Å². The molecular formula is C16H17N3O. The van der Waals surface area contributed by atoms with Crippen molar-refractivity contribution >= 4 is 0 Å². The molecule has 0 spiro atoms. The van der Waals surface area contributed by atoms with E-state index in [1.54, 1.807) is 16.7 Å². The molecule has 2 aromatic rings. The van der Waals surface area contributed by atoms with Gasteiger partial charge in [0.2, 0.25) is 0 Å². The third kappa shape index (κ3) is 2.49. The fraction of sp³-hybridized carbons (Fsp3) is 0.250. The molecule has 0 aliphatic carbocycles. The van der Waals surface area contributed by atoms with Crippen molar-refractivity contribution in [2.45, 2.75) is 19.9 Å². The van der Waals surface area contributed by atoms with Gasteiger partial charge in [0, 0.05) is 12.6 Å². The molecule has 0 saturated heterocycles. The van der Waals surface area contributed by atoms with E-state index in [-0.39, 0.29) is 17.2 Å². The molecule has 0 radical (unpaired) electrons. The highest BCUT2D eigenvalue weighted by Gasteiger charge is 2.14. The first-order valence-corrected chi connectivity index (χ1v) is 6.51. The molecular weight excluding hydrogens is 250 g/mol. The molecule has 1 unspecified atom stereocenters. The first kappa shape index (κ1) is 14.0. The Balaban J connectivity index is 2.70. The third-order valence-electron chi connectivity index (χ3n) is 3.37. The first-order valence-electron chi connectivity index (χ1n) is 6.51. The monoisotopic (exact) mass is 267 g/mol. The quantitative estimate of drug-likeness (QED) is 0.926. The number of benzene rings is 1. The van der Waals surface area contributed by atoms with Crippen LogP contribution in [0.1, 0.15) is 24.1 Å². The number of rotatable bonds is 3. The van der Waals surface area contributed by atoms with E-state index >= 15 is 0 Å². The Kier molecular flexibility index (Phi) is 4.02. The lowest BCUT2D eigenvalue weighted by atomic mass is 10.1. The van der Waals surface area contributed by atoms with Gasteiger partial charge in [0.05, 0.1) is 5.69 Å². The predicted octanol–water partition coefficient (Wildman–Crippen LogP) is 2.22. The van der Waals surface area contributed by atoms with Gasteiger partial charge in [-0.05, 0) is 31.5 Å². The van der Waals surface area contributed by atoms with Crippen molar-refractivity contribution in [1.29, 1.82) is 5.26 Å². The van der Waals surface area contributed by atoms with Gasteiger partial charge in [-0.15, -0.1) is 0 Å². The number of nitrogens with zero attached hydrogens (tertiary/aromatic N) is 2. The second kappa shape index (κ2) is 5.72. The van der Waals surface area contributed by atoms with Gasteiger partial charge >= 0.3 is 0 Å². The molecule has 0 fully saturated rings. The number of aromatic nitrogens is 1. The predicted molar refractivity (Wildman–Crippen MR) is 79.4 cm³/mol. The highest BCUT2D eigenvalue weighted by Crippen LogP contribution is 2.21. The molecule has 0 saturated carbocycles. The molecule has 102 valence electrons. The summed E-state index contributed by atoms with van der Waals surface area (Å²) in [5.41, 5.74) is 8.43. The molecule has 4 heteroatoms. The Morgan fingerprint density at radius 1 is 1.25 bits per heavy atom. The van der Waals surface area contributed by atoms with Crippen LogP contribution >= 0.6 is 0 Å². The molecule has 0 aliphatic rings. The number of aryl methyl sites for hydroxylation is 1. The van der Waals surface area contributed by atoms with Crippen LogP contribution in [0, 0.1) is 18.3 Å². The maximum atomic E-state index is 12.3. The van der Waals surface area contributed by atoms with Crippen molar-refractivity contribution in [3.8, 4) is 17.3 Å². The summed E-state index contributed by atoms with van der Waals surface area (Å²) >= 11 is 0. The summed E-state index contributed by atoms with van der Waals surface area (Å²) in [7, 11) is 0. The number of hydrogen-bond acceptors (Lipinski definition) is 3. The highest BCUT2D eigenvalue weighted by atomic mass is 16.1. The van der Waals surface area contributed by atoms with Crippen LogP contribution in [0.3, 0.4) is 0 Å². The van der Waals surface area contributed by atoms with Crippen molar-refractivity contribution in [2.24, 2.45) is 5.73 Å². The van der Waals surface area contributed by atoms with Crippen LogP contribution < -0.4 is 11.3 Å². The van der Waals surface area contributed by atoms with Crippen LogP contribution in [0.2, 0.25) is 0 Å². The fourth-order valence-electron chi connectivity index (χ4n) is 2.14. The fourth-order valence-corrected chi connectivity index (χ4v) is 2.14. The van der Waals surface area contributed by atoms with Crippen molar-refractivity contribution in [2.75, 3.05) is 6.54 Å². The van der Waals surface area contributed by atoms with E-state index in [0.29, 0.717) is 6.54 Å². The van der Waals surface area contributed by atoms with Gasteiger partial charge in [-0.3, -0.25) is 4.79 Å². The lowest BCUT2D eigenvalue weighted by molar-refractivity contribution is 0.545. The zero-order valence-corrected chi connectivity index (χ0v) is 11.6. The zero-order chi connectivity index (χ0) is 14.7. The van der Waals surface area contributed by atoms with E-state index in [2.05, 4.69) is 0 Å². The normalized spacial score (nSPS) is 11.9. The molecule has 1 aromatic carbocycles. The smallest absolute Gasteiger partial charge is 0.269 e. The average Bonchev–Trinajstić information content (AvgIpc) is 2.47. The summed E-state index contributed by atoms with van der Waals surface area (Å²) in [6, 6.07) is 13.1. The Morgan fingerprint density at radius 3 is 2.45 bits per heavy atom. The van der Waals surface area contributed by atoms with Gasteiger partial charge in [-0.1, -0.05) is 29.8 Å². The van der Waals surface area contributed by atoms with Crippen molar-refractivity contribution < 1.29 is 0 Å². The van der Waals surface area contributed by atoms with E-state index in [9.17, 15) is 4.79 Å². The first-order chi connectivity index (χ1) is 9.58. The summed E-state index contributed by atoms with van der Waals surface area (Å²) in [5.74, 6) is 0. The molecule has 4 nitrogen and oxygen atoms in total. The van der Waals surface area contributed by atoms with Crippen molar-refractivity contribution in [3.05, 3.63) is 57.9 Å². The largest absolute Gasteiger partial charge is 0.328 e. The summed E-state index contributed by atoms with van der Waals surface area (Å²) in [6.07, 6.45) is 0. The summed E-state index contributed by atoms with van der Waals surface area (Å²) in [4.78, 5) is 12.3. The van der Waals surface area contributed by atoms with Gasteiger partial charge in [-0.25, -0.2) is 0 Å².